The molecular weight excluding hydrogens is 368 g/mol. The first-order chi connectivity index (χ1) is 14.1. The van der Waals surface area contributed by atoms with Crippen LogP contribution in [0.2, 0.25) is 0 Å². The molecule has 7 nitrogen and oxygen atoms in total. The van der Waals surface area contributed by atoms with E-state index in [1.165, 1.54) is 0 Å². The third-order valence-corrected chi connectivity index (χ3v) is 4.39. The van der Waals surface area contributed by atoms with Crippen LogP contribution in [0.1, 0.15) is 15.9 Å². The normalized spacial score (nSPS) is 10.3. The smallest absolute Gasteiger partial charge is 0.313 e. The third-order valence-electron chi connectivity index (χ3n) is 4.39. The quantitative estimate of drug-likeness (QED) is 0.368. The number of hydrogen-bond acceptors (Lipinski definition) is 3. The van der Waals surface area contributed by atoms with Gasteiger partial charge in [-0.2, -0.15) is 0 Å². The molecule has 2 aromatic carbocycles. The van der Waals surface area contributed by atoms with Gasteiger partial charge >= 0.3 is 11.8 Å². The molecule has 7 heteroatoms. The first-order valence-electron chi connectivity index (χ1n) is 9.22. The molecule has 0 fully saturated rings. The van der Waals surface area contributed by atoms with Gasteiger partial charge in [0.2, 0.25) is 0 Å². The van der Waals surface area contributed by atoms with Gasteiger partial charge in [0, 0.05) is 30.2 Å². The second kappa shape index (κ2) is 9.36. The van der Waals surface area contributed by atoms with Crippen LogP contribution in [-0.4, -0.2) is 35.8 Å². The Morgan fingerprint density at radius 1 is 0.966 bits per heavy atom. The zero-order valence-corrected chi connectivity index (χ0v) is 15.8. The minimum absolute atomic E-state index is 0.269. The molecule has 29 heavy (non-hydrogen) atoms. The molecule has 1 heterocycles. The van der Waals surface area contributed by atoms with Crippen LogP contribution >= 0.6 is 0 Å². The lowest BCUT2D eigenvalue weighted by Gasteiger charge is -2.11. The second-order valence-corrected chi connectivity index (χ2v) is 6.36. The highest BCUT2D eigenvalue weighted by Gasteiger charge is 2.17. The number of amides is 3. The molecule has 0 saturated carbocycles. The molecule has 4 N–H and O–H groups in total. The summed E-state index contributed by atoms with van der Waals surface area (Å²) >= 11 is 0. The van der Waals surface area contributed by atoms with E-state index in [0.29, 0.717) is 19.5 Å². The fourth-order valence-electron chi connectivity index (χ4n) is 2.96. The lowest BCUT2D eigenvalue weighted by atomic mass is 10.1. The van der Waals surface area contributed by atoms with Crippen LogP contribution in [-0.2, 0) is 16.0 Å². The Balaban J connectivity index is 1.56. The van der Waals surface area contributed by atoms with E-state index in [2.05, 4.69) is 27.5 Å². The van der Waals surface area contributed by atoms with E-state index in [4.69, 9.17) is 0 Å². The number of H-pyrrole nitrogens is 1. The van der Waals surface area contributed by atoms with Crippen LogP contribution in [0.5, 0.6) is 0 Å². The molecular formula is C22H22N4O3. The van der Waals surface area contributed by atoms with Gasteiger partial charge in [-0.1, -0.05) is 36.4 Å². The Hall–Kier alpha value is -3.87. The van der Waals surface area contributed by atoms with E-state index in [1.54, 1.807) is 30.3 Å². The zero-order chi connectivity index (χ0) is 20.6. The minimum Gasteiger partial charge on any atom is -0.361 e. The molecule has 3 amide bonds. The van der Waals surface area contributed by atoms with Crippen LogP contribution in [0.4, 0.5) is 5.69 Å². The second-order valence-electron chi connectivity index (χ2n) is 6.36. The van der Waals surface area contributed by atoms with Gasteiger partial charge in [-0.05, 0) is 30.2 Å². The van der Waals surface area contributed by atoms with E-state index < -0.39 is 11.8 Å². The first-order valence-corrected chi connectivity index (χ1v) is 9.22. The maximum atomic E-state index is 12.2. The molecule has 0 unspecified atom stereocenters. The molecule has 0 atom stereocenters. The van der Waals surface area contributed by atoms with Crippen LogP contribution in [0.3, 0.4) is 0 Å². The summed E-state index contributed by atoms with van der Waals surface area (Å²) in [5.74, 6) is -1.94. The summed E-state index contributed by atoms with van der Waals surface area (Å²) in [6, 6.07) is 14.4. The number of carbonyl (C=O) groups excluding carboxylic acids is 3. The minimum atomic E-state index is -0.826. The molecule has 0 aliphatic carbocycles. The van der Waals surface area contributed by atoms with Gasteiger partial charge < -0.3 is 20.9 Å². The Labute approximate surface area is 168 Å². The lowest BCUT2D eigenvalue weighted by Crippen LogP contribution is -2.37. The SMILES string of the molecule is C=CCNC(=O)c1ccccc1NC(=O)C(=O)NCCc1c[nH]c2ccccc12. The number of para-hydroxylation sites is 2. The number of hydrogen-bond donors (Lipinski definition) is 4. The largest absolute Gasteiger partial charge is 0.361 e. The summed E-state index contributed by atoms with van der Waals surface area (Å²) in [7, 11) is 0. The number of aromatic nitrogens is 1. The van der Waals surface area contributed by atoms with Gasteiger partial charge in [0.1, 0.15) is 0 Å². The van der Waals surface area contributed by atoms with Gasteiger partial charge in [-0.25, -0.2) is 0 Å². The third kappa shape index (κ3) is 4.90. The van der Waals surface area contributed by atoms with Crippen LogP contribution in [0.15, 0.2) is 67.4 Å². The Bertz CT molecular complexity index is 1050. The summed E-state index contributed by atoms with van der Waals surface area (Å²) in [6.45, 7) is 4.16. The van der Waals surface area contributed by atoms with E-state index in [-0.39, 0.29) is 17.2 Å². The lowest BCUT2D eigenvalue weighted by molar-refractivity contribution is -0.136. The highest BCUT2D eigenvalue weighted by Crippen LogP contribution is 2.18. The van der Waals surface area contributed by atoms with Gasteiger partial charge in [-0.3, -0.25) is 14.4 Å². The molecule has 0 bridgehead atoms. The van der Waals surface area contributed by atoms with Gasteiger partial charge in [0.25, 0.3) is 5.91 Å². The molecule has 3 rings (SSSR count). The molecule has 0 spiro atoms. The average Bonchev–Trinajstić information content (AvgIpc) is 3.15. The summed E-state index contributed by atoms with van der Waals surface area (Å²) in [5.41, 5.74) is 2.63. The number of carbonyl (C=O) groups is 3. The molecule has 0 saturated heterocycles. The van der Waals surface area contributed by atoms with Gasteiger partial charge in [0.05, 0.1) is 11.3 Å². The highest BCUT2D eigenvalue weighted by molar-refractivity contribution is 6.40. The van der Waals surface area contributed by atoms with Crippen molar-refractivity contribution in [1.82, 2.24) is 15.6 Å². The Kier molecular flexibility index (Phi) is 6.42. The van der Waals surface area contributed by atoms with E-state index >= 15 is 0 Å². The highest BCUT2D eigenvalue weighted by atomic mass is 16.2. The molecule has 0 aliphatic rings. The van der Waals surface area contributed by atoms with Crippen LogP contribution in [0.25, 0.3) is 10.9 Å². The van der Waals surface area contributed by atoms with Crippen LogP contribution in [0, 0.1) is 0 Å². The predicted molar refractivity (Wildman–Crippen MR) is 113 cm³/mol. The van der Waals surface area contributed by atoms with Crippen molar-refractivity contribution in [3.8, 4) is 0 Å². The maximum Gasteiger partial charge on any atom is 0.313 e. The van der Waals surface area contributed by atoms with Crippen molar-refractivity contribution in [2.75, 3.05) is 18.4 Å². The Morgan fingerprint density at radius 2 is 1.72 bits per heavy atom. The standard InChI is InChI=1S/C22H22N4O3/c1-2-12-23-20(27)17-8-4-6-10-19(17)26-22(29)21(28)24-13-11-15-14-25-18-9-5-3-7-16(15)18/h2-10,14,25H,1,11-13H2,(H,23,27)(H,24,28)(H,26,29). The maximum absolute atomic E-state index is 12.2. The number of nitrogens with one attached hydrogen (secondary N) is 4. The average molecular weight is 390 g/mol. The summed E-state index contributed by atoms with van der Waals surface area (Å²) in [4.78, 5) is 39.7. The number of anilines is 1. The molecule has 148 valence electrons. The molecule has 3 aromatic rings. The molecule has 0 radical (unpaired) electrons. The van der Waals surface area contributed by atoms with Crippen molar-refractivity contribution < 1.29 is 14.4 Å². The first kappa shape index (κ1) is 19.9. The number of aromatic amines is 1. The fraction of sp³-hybridized carbons (Fsp3) is 0.136. The van der Waals surface area contributed by atoms with Gasteiger partial charge in [0.15, 0.2) is 0 Å². The van der Waals surface area contributed by atoms with E-state index in [0.717, 1.165) is 16.5 Å². The van der Waals surface area contributed by atoms with Crippen LogP contribution < -0.4 is 16.0 Å². The van der Waals surface area contributed by atoms with Gasteiger partial charge in [-0.15, -0.1) is 6.58 Å². The number of rotatable bonds is 7. The van der Waals surface area contributed by atoms with Crippen molar-refractivity contribution in [1.29, 1.82) is 0 Å². The topological polar surface area (TPSA) is 103 Å². The van der Waals surface area contributed by atoms with Crippen molar-refractivity contribution in [3.63, 3.8) is 0 Å². The molecule has 0 aliphatic heterocycles. The zero-order valence-electron chi connectivity index (χ0n) is 15.8. The predicted octanol–water partition coefficient (Wildman–Crippen LogP) is 2.38. The summed E-state index contributed by atoms with van der Waals surface area (Å²) in [6.07, 6.45) is 4.04. The van der Waals surface area contributed by atoms with Crippen molar-refractivity contribution in [3.05, 3.63) is 78.5 Å². The van der Waals surface area contributed by atoms with E-state index in [9.17, 15) is 14.4 Å². The fourth-order valence-corrected chi connectivity index (χ4v) is 2.96. The van der Waals surface area contributed by atoms with Crippen molar-refractivity contribution in [2.24, 2.45) is 0 Å². The summed E-state index contributed by atoms with van der Waals surface area (Å²) in [5, 5.41) is 8.84. The van der Waals surface area contributed by atoms with Crippen molar-refractivity contribution >= 4 is 34.3 Å². The van der Waals surface area contributed by atoms with E-state index in [1.807, 2.05) is 30.5 Å². The number of benzene rings is 2. The Morgan fingerprint density at radius 3 is 2.55 bits per heavy atom. The number of fused-ring (bicyclic) bond motifs is 1. The van der Waals surface area contributed by atoms with Crippen molar-refractivity contribution in [2.45, 2.75) is 6.42 Å². The summed E-state index contributed by atoms with van der Waals surface area (Å²) < 4.78 is 0. The monoisotopic (exact) mass is 390 g/mol. The molecule has 1 aromatic heterocycles.